The van der Waals surface area contributed by atoms with Gasteiger partial charge < -0.3 is 15.2 Å². The summed E-state index contributed by atoms with van der Waals surface area (Å²) in [5.74, 6) is -1.83. The summed E-state index contributed by atoms with van der Waals surface area (Å²) < 4.78 is 5.71. The van der Waals surface area contributed by atoms with Crippen molar-refractivity contribution < 1.29 is 24.2 Å². The smallest absolute Gasteiger partial charge is 0.335 e. The van der Waals surface area contributed by atoms with Gasteiger partial charge in [0.25, 0.3) is 0 Å². The number of hydrogen-bond acceptors (Lipinski definition) is 4. The molecule has 0 saturated heterocycles. The molecular weight excluding hydrogens is 466 g/mol. The van der Waals surface area contributed by atoms with Crippen LogP contribution in [0.1, 0.15) is 65.6 Å². The van der Waals surface area contributed by atoms with Crippen molar-refractivity contribution in [3.63, 3.8) is 0 Å². The first-order valence-electron chi connectivity index (χ1n) is 12.8. The highest BCUT2D eigenvalue weighted by Gasteiger charge is 2.37. The molecule has 0 aliphatic heterocycles. The Balaban J connectivity index is 1.38. The van der Waals surface area contributed by atoms with Crippen LogP contribution in [0, 0.1) is 18.8 Å². The summed E-state index contributed by atoms with van der Waals surface area (Å²) in [6.07, 6.45) is 3.67. The molecule has 1 aliphatic rings. The summed E-state index contributed by atoms with van der Waals surface area (Å²) in [5.41, 5.74) is 3.96. The number of rotatable bonds is 8. The Morgan fingerprint density at radius 3 is 2.24 bits per heavy atom. The number of esters is 1. The number of carboxylic acid groups (broad SMARTS) is 1. The number of carbonyl (C=O) groups excluding carboxylic acids is 2. The van der Waals surface area contributed by atoms with E-state index in [2.05, 4.69) is 5.32 Å². The van der Waals surface area contributed by atoms with Crippen LogP contribution in [0.15, 0.2) is 72.8 Å². The third-order valence-corrected chi connectivity index (χ3v) is 7.17. The first-order valence-corrected chi connectivity index (χ1v) is 12.8. The van der Waals surface area contributed by atoms with Crippen molar-refractivity contribution in [2.45, 2.75) is 51.9 Å². The van der Waals surface area contributed by atoms with Crippen LogP contribution in [0.2, 0.25) is 0 Å². The molecule has 1 unspecified atom stereocenters. The van der Waals surface area contributed by atoms with E-state index in [4.69, 9.17) is 4.74 Å². The maximum absolute atomic E-state index is 13.1. The Kier molecular flexibility index (Phi) is 8.39. The van der Waals surface area contributed by atoms with E-state index in [0.29, 0.717) is 30.6 Å². The number of carboxylic acids is 1. The van der Waals surface area contributed by atoms with Crippen LogP contribution < -0.4 is 10.1 Å². The molecule has 192 valence electrons. The minimum absolute atomic E-state index is 0.0819. The van der Waals surface area contributed by atoms with E-state index in [1.54, 1.807) is 24.3 Å². The fraction of sp³-hybridized carbons (Fsp3) is 0.323. The van der Waals surface area contributed by atoms with Crippen LogP contribution in [0.3, 0.4) is 0 Å². The molecule has 1 aliphatic carbocycles. The van der Waals surface area contributed by atoms with Gasteiger partial charge in [-0.2, -0.15) is 0 Å². The van der Waals surface area contributed by atoms with Gasteiger partial charge in [-0.15, -0.1) is 0 Å². The lowest BCUT2D eigenvalue weighted by Gasteiger charge is -2.29. The molecule has 3 aromatic rings. The summed E-state index contributed by atoms with van der Waals surface area (Å²) in [6, 6.07) is 22.0. The maximum atomic E-state index is 13.1. The highest BCUT2D eigenvalue weighted by molar-refractivity contribution is 5.95. The van der Waals surface area contributed by atoms with Gasteiger partial charge in [0.05, 0.1) is 17.4 Å². The molecule has 37 heavy (non-hydrogen) atoms. The summed E-state index contributed by atoms with van der Waals surface area (Å²) in [4.78, 5) is 37.6. The number of amides is 1. The normalized spacial score (nSPS) is 18.0. The lowest BCUT2D eigenvalue weighted by Crippen LogP contribution is -2.38. The third kappa shape index (κ3) is 6.64. The van der Waals surface area contributed by atoms with Crippen LogP contribution in [0.5, 0.6) is 5.75 Å². The second kappa shape index (κ2) is 11.9. The van der Waals surface area contributed by atoms with E-state index in [1.807, 2.05) is 62.4 Å². The zero-order valence-corrected chi connectivity index (χ0v) is 21.3. The number of ether oxygens (including phenoxy) is 1. The third-order valence-electron chi connectivity index (χ3n) is 7.17. The molecule has 1 amide bonds. The Morgan fingerprint density at radius 1 is 0.919 bits per heavy atom. The van der Waals surface area contributed by atoms with Gasteiger partial charge in [-0.1, -0.05) is 67.8 Å². The maximum Gasteiger partial charge on any atom is 0.335 e. The van der Waals surface area contributed by atoms with Crippen LogP contribution in [0.4, 0.5) is 5.69 Å². The number of anilines is 1. The summed E-state index contributed by atoms with van der Waals surface area (Å²) in [7, 11) is 0. The SMILES string of the molecule is Cc1ccc(NC(=O)[C@H]2CCCC[C@H]2C(=O)Oc2ccc(C(C)Cc3ccccc3C(=O)O)cc2)cc1. The van der Waals surface area contributed by atoms with Crippen molar-refractivity contribution in [1.82, 2.24) is 0 Å². The van der Waals surface area contributed by atoms with E-state index >= 15 is 0 Å². The minimum atomic E-state index is -0.932. The van der Waals surface area contributed by atoms with E-state index < -0.39 is 17.8 Å². The molecule has 6 heteroatoms. The molecule has 2 N–H and O–H groups in total. The quantitative estimate of drug-likeness (QED) is 0.277. The lowest BCUT2D eigenvalue weighted by molar-refractivity contribution is -0.145. The van der Waals surface area contributed by atoms with Gasteiger partial charge in [-0.25, -0.2) is 4.79 Å². The largest absolute Gasteiger partial charge is 0.478 e. The van der Waals surface area contributed by atoms with Gasteiger partial charge in [-0.05, 0) is 73.6 Å². The van der Waals surface area contributed by atoms with E-state index in [1.165, 1.54) is 0 Å². The standard InChI is InChI=1S/C31H33NO5/c1-20-11-15-24(16-12-20)32-29(33)27-9-5-6-10-28(27)31(36)37-25-17-13-22(14-18-25)21(2)19-23-7-3-4-8-26(23)30(34)35/h3-4,7-8,11-18,21,27-28H,5-6,9-10,19H2,1-2H3,(H,32,33)(H,34,35)/t21?,27-,28+/m0/s1. The number of carbonyl (C=O) groups is 3. The van der Waals surface area contributed by atoms with Crippen molar-refractivity contribution in [3.05, 3.63) is 95.1 Å². The fourth-order valence-corrected chi connectivity index (χ4v) is 5.01. The zero-order valence-electron chi connectivity index (χ0n) is 21.3. The first kappa shape index (κ1) is 26.1. The van der Waals surface area contributed by atoms with Crippen LogP contribution in [-0.2, 0) is 16.0 Å². The molecule has 4 rings (SSSR count). The zero-order chi connectivity index (χ0) is 26.4. The van der Waals surface area contributed by atoms with Gasteiger partial charge in [0, 0.05) is 5.69 Å². The topological polar surface area (TPSA) is 92.7 Å². The summed E-state index contributed by atoms with van der Waals surface area (Å²) >= 11 is 0. The van der Waals surface area contributed by atoms with Crippen molar-refractivity contribution in [1.29, 1.82) is 0 Å². The van der Waals surface area contributed by atoms with Crippen molar-refractivity contribution in [2.75, 3.05) is 5.32 Å². The second-order valence-corrected chi connectivity index (χ2v) is 9.91. The predicted molar refractivity (Wildman–Crippen MR) is 143 cm³/mol. The predicted octanol–water partition coefficient (Wildman–Crippen LogP) is 6.39. The molecule has 0 bridgehead atoms. The lowest BCUT2D eigenvalue weighted by atomic mass is 9.78. The minimum Gasteiger partial charge on any atom is -0.478 e. The van der Waals surface area contributed by atoms with Crippen molar-refractivity contribution in [3.8, 4) is 5.75 Å². The molecule has 0 heterocycles. The van der Waals surface area contributed by atoms with Gasteiger partial charge in [0.1, 0.15) is 5.75 Å². The summed E-state index contributed by atoms with van der Waals surface area (Å²) in [5, 5.41) is 12.4. The van der Waals surface area contributed by atoms with E-state index in [-0.39, 0.29) is 17.8 Å². The Labute approximate surface area is 217 Å². The molecule has 6 nitrogen and oxygen atoms in total. The average molecular weight is 500 g/mol. The number of benzene rings is 3. The average Bonchev–Trinajstić information content (AvgIpc) is 2.90. The van der Waals surface area contributed by atoms with Gasteiger partial charge in [0.15, 0.2) is 0 Å². The molecule has 1 fully saturated rings. The Bertz CT molecular complexity index is 1250. The monoisotopic (exact) mass is 499 g/mol. The highest BCUT2D eigenvalue weighted by Crippen LogP contribution is 2.33. The van der Waals surface area contributed by atoms with Crippen molar-refractivity contribution >= 4 is 23.5 Å². The van der Waals surface area contributed by atoms with Crippen molar-refractivity contribution in [2.24, 2.45) is 11.8 Å². The second-order valence-electron chi connectivity index (χ2n) is 9.91. The number of aromatic carboxylic acids is 1. The first-order chi connectivity index (χ1) is 17.8. The van der Waals surface area contributed by atoms with Crippen LogP contribution >= 0.6 is 0 Å². The molecule has 0 aromatic heterocycles. The Morgan fingerprint density at radius 2 is 1.57 bits per heavy atom. The number of nitrogens with one attached hydrogen (secondary N) is 1. The molecule has 0 spiro atoms. The van der Waals surface area contributed by atoms with Gasteiger partial charge in [0.2, 0.25) is 5.91 Å². The molecular formula is C31H33NO5. The molecule has 1 saturated carbocycles. The molecule has 0 radical (unpaired) electrons. The fourth-order valence-electron chi connectivity index (χ4n) is 5.01. The highest BCUT2D eigenvalue weighted by atomic mass is 16.5. The Hall–Kier alpha value is -3.93. The van der Waals surface area contributed by atoms with Gasteiger partial charge in [-0.3, -0.25) is 9.59 Å². The van der Waals surface area contributed by atoms with Crippen LogP contribution in [0.25, 0.3) is 0 Å². The van der Waals surface area contributed by atoms with Crippen LogP contribution in [-0.4, -0.2) is 23.0 Å². The molecule has 3 aromatic carbocycles. The van der Waals surface area contributed by atoms with E-state index in [9.17, 15) is 19.5 Å². The van der Waals surface area contributed by atoms with Gasteiger partial charge >= 0.3 is 11.9 Å². The molecule has 3 atom stereocenters. The number of hydrogen-bond donors (Lipinski definition) is 2. The number of aryl methyl sites for hydroxylation is 1. The summed E-state index contributed by atoms with van der Waals surface area (Å²) in [6.45, 7) is 4.03. The van der Waals surface area contributed by atoms with E-state index in [0.717, 1.165) is 35.2 Å².